The second kappa shape index (κ2) is 8.93. The number of nitrogens with one attached hydrogen (secondary N) is 2. The Morgan fingerprint density at radius 3 is 2.83 bits per heavy atom. The van der Waals surface area contributed by atoms with Gasteiger partial charge in [-0.2, -0.15) is 5.10 Å². The number of aromatic nitrogens is 6. The van der Waals surface area contributed by atoms with Gasteiger partial charge in [-0.3, -0.25) is 0 Å². The van der Waals surface area contributed by atoms with Crippen LogP contribution >= 0.6 is 0 Å². The number of aryl methyl sites for hydroxylation is 2. The SMILES string of the molecule is COc1ccc(CN=C(NCc2nnc(C)n2C)NC2CCc3ncnn3C2)cc1. The van der Waals surface area contributed by atoms with E-state index in [0.717, 1.165) is 54.1 Å². The number of rotatable bonds is 6. The summed E-state index contributed by atoms with van der Waals surface area (Å²) in [6.45, 7) is 3.79. The molecule has 0 bridgehead atoms. The average Bonchev–Trinajstić information content (AvgIpc) is 3.37. The van der Waals surface area contributed by atoms with Crippen LogP contribution in [-0.2, 0) is 33.1 Å². The topological polar surface area (TPSA) is 107 Å². The predicted octanol–water partition coefficient (Wildman–Crippen LogP) is 0.974. The summed E-state index contributed by atoms with van der Waals surface area (Å²) in [6, 6.07) is 8.16. The zero-order chi connectivity index (χ0) is 20.9. The summed E-state index contributed by atoms with van der Waals surface area (Å²) in [5.74, 6) is 4.34. The van der Waals surface area contributed by atoms with E-state index in [-0.39, 0.29) is 6.04 Å². The van der Waals surface area contributed by atoms with Crippen molar-refractivity contribution in [1.29, 1.82) is 0 Å². The minimum absolute atomic E-state index is 0.225. The van der Waals surface area contributed by atoms with Crippen molar-refractivity contribution in [2.45, 2.75) is 45.4 Å². The third-order valence-electron chi connectivity index (χ3n) is 5.32. The molecular weight excluding hydrogens is 382 g/mol. The van der Waals surface area contributed by atoms with Gasteiger partial charge in [0.1, 0.15) is 23.7 Å². The number of ether oxygens (including phenoxy) is 1. The molecule has 0 radical (unpaired) electrons. The summed E-state index contributed by atoms with van der Waals surface area (Å²) < 4.78 is 9.15. The summed E-state index contributed by atoms with van der Waals surface area (Å²) >= 11 is 0. The molecule has 2 N–H and O–H groups in total. The van der Waals surface area contributed by atoms with Gasteiger partial charge in [-0.25, -0.2) is 14.7 Å². The lowest BCUT2D eigenvalue weighted by atomic mass is 10.1. The highest BCUT2D eigenvalue weighted by atomic mass is 16.5. The molecule has 1 unspecified atom stereocenters. The van der Waals surface area contributed by atoms with E-state index in [9.17, 15) is 0 Å². The maximum absolute atomic E-state index is 5.23. The molecule has 2 aromatic heterocycles. The number of aliphatic imine (C=N–C) groups is 1. The number of nitrogens with zero attached hydrogens (tertiary/aromatic N) is 7. The first-order valence-electron chi connectivity index (χ1n) is 10.0. The van der Waals surface area contributed by atoms with Gasteiger partial charge in [-0.15, -0.1) is 10.2 Å². The van der Waals surface area contributed by atoms with Crippen LogP contribution in [0.25, 0.3) is 0 Å². The van der Waals surface area contributed by atoms with Crippen LogP contribution in [0, 0.1) is 6.92 Å². The molecule has 4 rings (SSSR count). The fraction of sp³-hybridized carbons (Fsp3) is 0.450. The summed E-state index contributed by atoms with van der Waals surface area (Å²) in [5.41, 5.74) is 1.11. The van der Waals surface area contributed by atoms with Crippen LogP contribution in [-0.4, -0.2) is 48.6 Å². The number of hydrogen-bond acceptors (Lipinski definition) is 6. The molecule has 10 nitrogen and oxygen atoms in total. The highest BCUT2D eigenvalue weighted by molar-refractivity contribution is 5.80. The van der Waals surface area contributed by atoms with Crippen molar-refractivity contribution in [3.8, 4) is 5.75 Å². The van der Waals surface area contributed by atoms with Gasteiger partial charge in [0.2, 0.25) is 0 Å². The molecule has 1 atom stereocenters. The van der Waals surface area contributed by atoms with Gasteiger partial charge in [-0.05, 0) is 31.0 Å². The van der Waals surface area contributed by atoms with Gasteiger partial charge in [0.15, 0.2) is 11.8 Å². The maximum Gasteiger partial charge on any atom is 0.192 e. The molecule has 1 aromatic carbocycles. The Balaban J connectivity index is 1.45. The highest BCUT2D eigenvalue weighted by Crippen LogP contribution is 2.13. The van der Waals surface area contributed by atoms with Gasteiger partial charge in [0.25, 0.3) is 0 Å². The molecule has 3 aromatic rings. The Morgan fingerprint density at radius 1 is 1.27 bits per heavy atom. The fourth-order valence-corrected chi connectivity index (χ4v) is 3.37. The molecule has 0 aliphatic carbocycles. The Bertz CT molecular complexity index is 1010. The van der Waals surface area contributed by atoms with Crippen LogP contribution in [0.1, 0.15) is 29.5 Å². The van der Waals surface area contributed by atoms with Crippen LogP contribution in [0.3, 0.4) is 0 Å². The van der Waals surface area contributed by atoms with Gasteiger partial charge >= 0.3 is 0 Å². The highest BCUT2D eigenvalue weighted by Gasteiger charge is 2.21. The Hall–Kier alpha value is -3.43. The fourth-order valence-electron chi connectivity index (χ4n) is 3.37. The van der Waals surface area contributed by atoms with Crippen molar-refractivity contribution < 1.29 is 4.74 Å². The summed E-state index contributed by atoms with van der Waals surface area (Å²) in [6.07, 6.45) is 3.49. The minimum atomic E-state index is 0.225. The van der Waals surface area contributed by atoms with Crippen LogP contribution in [0.2, 0.25) is 0 Å². The molecule has 1 aliphatic rings. The van der Waals surface area contributed by atoms with Crippen LogP contribution in [0.5, 0.6) is 5.75 Å². The van der Waals surface area contributed by atoms with Gasteiger partial charge in [-0.1, -0.05) is 12.1 Å². The van der Waals surface area contributed by atoms with E-state index < -0.39 is 0 Å². The standard InChI is InChI=1S/C20H27N9O/c1-14-26-27-19(28(14)2)11-22-20(21-10-15-4-7-17(30-3)8-5-15)25-16-6-9-18-23-13-24-29(18)12-16/h4-5,7-8,13,16H,6,9-12H2,1-3H3,(H2,21,22,25). The Labute approximate surface area is 175 Å². The maximum atomic E-state index is 5.23. The number of guanidine groups is 1. The zero-order valence-corrected chi connectivity index (χ0v) is 17.5. The molecular formula is C20H27N9O. The summed E-state index contributed by atoms with van der Waals surface area (Å²) in [5, 5.41) is 19.6. The third kappa shape index (κ3) is 4.58. The molecule has 0 saturated carbocycles. The molecule has 0 spiro atoms. The van der Waals surface area contributed by atoms with E-state index in [4.69, 9.17) is 9.73 Å². The number of methoxy groups -OCH3 is 1. The smallest absolute Gasteiger partial charge is 0.192 e. The molecule has 30 heavy (non-hydrogen) atoms. The molecule has 0 fully saturated rings. The number of hydrogen-bond donors (Lipinski definition) is 2. The molecule has 10 heteroatoms. The van der Waals surface area contributed by atoms with Gasteiger partial charge < -0.3 is 19.9 Å². The van der Waals surface area contributed by atoms with E-state index in [1.807, 2.05) is 47.5 Å². The lowest BCUT2D eigenvalue weighted by Gasteiger charge is -2.25. The average molecular weight is 409 g/mol. The Kier molecular flexibility index (Phi) is 5.92. The van der Waals surface area contributed by atoms with Crippen molar-refractivity contribution in [3.63, 3.8) is 0 Å². The van der Waals surface area contributed by atoms with E-state index in [0.29, 0.717) is 13.1 Å². The van der Waals surface area contributed by atoms with Crippen molar-refractivity contribution in [2.75, 3.05) is 7.11 Å². The van der Waals surface area contributed by atoms with Crippen LogP contribution in [0.15, 0.2) is 35.6 Å². The predicted molar refractivity (Wildman–Crippen MR) is 112 cm³/mol. The Morgan fingerprint density at radius 2 is 2.10 bits per heavy atom. The number of benzene rings is 1. The molecule has 0 saturated heterocycles. The van der Waals surface area contributed by atoms with Gasteiger partial charge in [0, 0.05) is 19.5 Å². The first-order valence-corrected chi connectivity index (χ1v) is 10.0. The lowest BCUT2D eigenvalue weighted by Crippen LogP contribution is -2.47. The van der Waals surface area contributed by atoms with Crippen molar-refractivity contribution in [2.24, 2.45) is 12.0 Å². The molecule has 3 heterocycles. The zero-order valence-electron chi connectivity index (χ0n) is 17.5. The summed E-state index contributed by atoms with van der Waals surface area (Å²) in [4.78, 5) is 9.09. The minimum Gasteiger partial charge on any atom is -0.497 e. The van der Waals surface area contributed by atoms with E-state index in [2.05, 4.69) is 30.9 Å². The normalized spacial score (nSPS) is 16.2. The van der Waals surface area contributed by atoms with Crippen LogP contribution in [0.4, 0.5) is 0 Å². The molecule has 0 amide bonds. The number of fused-ring (bicyclic) bond motifs is 1. The quantitative estimate of drug-likeness (QED) is 0.461. The van der Waals surface area contributed by atoms with E-state index in [1.165, 1.54) is 0 Å². The van der Waals surface area contributed by atoms with Crippen molar-refractivity contribution in [3.05, 3.63) is 53.6 Å². The second-order valence-corrected chi connectivity index (χ2v) is 7.33. The van der Waals surface area contributed by atoms with E-state index in [1.54, 1.807) is 13.4 Å². The first-order chi connectivity index (χ1) is 14.6. The molecule has 158 valence electrons. The largest absolute Gasteiger partial charge is 0.497 e. The van der Waals surface area contributed by atoms with Crippen molar-refractivity contribution in [1.82, 2.24) is 40.2 Å². The van der Waals surface area contributed by atoms with E-state index >= 15 is 0 Å². The second-order valence-electron chi connectivity index (χ2n) is 7.33. The first kappa shape index (κ1) is 19.9. The van der Waals surface area contributed by atoms with Crippen molar-refractivity contribution >= 4 is 5.96 Å². The summed E-state index contributed by atoms with van der Waals surface area (Å²) in [7, 11) is 3.62. The van der Waals surface area contributed by atoms with Gasteiger partial charge in [0.05, 0.1) is 26.7 Å². The van der Waals surface area contributed by atoms with Crippen LogP contribution < -0.4 is 15.4 Å². The molecule has 1 aliphatic heterocycles. The third-order valence-corrected chi connectivity index (χ3v) is 5.32. The monoisotopic (exact) mass is 409 g/mol. The lowest BCUT2D eigenvalue weighted by molar-refractivity contribution is 0.392.